The summed E-state index contributed by atoms with van der Waals surface area (Å²) < 4.78 is 10.5. The number of nitrogens with zero attached hydrogens (tertiary/aromatic N) is 1. The van der Waals surface area contributed by atoms with Crippen molar-refractivity contribution in [2.45, 2.75) is 26.4 Å². The Morgan fingerprint density at radius 3 is 2.72 bits per heavy atom. The summed E-state index contributed by atoms with van der Waals surface area (Å²) in [6, 6.07) is 4.29. The van der Waals surface area contributed by atoms with Gasteiger partial charge < -0.3 is 19.9 Å². The highest BCUT2D eigenvalue weighted by Crippen LogP contribution is 2.08. The van der Waals surface area contributed by atoms with Crippen molar-refractivity contribution < 1.29 is 14.6 Å². The van der Waals surface area contributed by atoms with E-state index in [2.05, 4.69) is 24.1 Å². The summed E-state index contributed by atoms with van der Waals surface area (Å²) in [5, 5.41) is 11.8. The average Bonchev–Trinajstić information content (AvgIpc) is 2.37. The summed E-state index contributed by atoms with van der Waals surface area (Å²) >= 11 is 0. The molecule has 0 radical (unpaired) electrons. The maximum atomic E-state index is 8.52. The van der Waals surface area contributed by atoms with Crippen LogP contribution in [0, 0.1) is 0 Å². The summed E-state index contributed by atoms with van der Waals surface area (Å²) in [6.07, 6.45) is 1.71. The van der Waals surface area contributed by atoms with Gasteiger partial charge in [0.05, 0.1) is 31.7 Å². The quantitative estimate of drug-likeness (QED) is 0.643. The third kappa shape index (κ3) is 6.54. The molecule has 18 heavy (non-hydrogen) atoms. The Morgan fingerprint density at radius 1 is 1.28 bits per heavy atom. The van der Waals surface area contributed by atoms with Crippen LogP contribution >= 0.6 is 0 Å². The van der Waals surface area contributed by atoms with Crippen LogP contribution in [0.15, 0.2) is 18.3 Å². The molecule has 0 aliphatic carbocycles. The second-order valence-corrected chi connectivity index (χ2v) is 4.21. The van der Waals surface area contributed by atoms with Gasteiger partial charge >= 0.3 is 0 Å². The molecule has 5 heteroatoms. The molecule has 5 nitrogen and oxygen atoms in total. The van der Waals surface area contributed by atoms with Crippen molar-refractivity contribution in [1.29, 1.82) is 0 Å². The predicted molar refractivity (Wildman–Crippen MR) is 69.6 cm³/mol. The zero-order valence-corrected chi connectivity index (χ0v) is 11.1. The fraction of sp³-hybridized carbons (Fsp3) is 0.615. The predicted octanol–water partition coefficient (Wildman–Crippen LogP) is 0.967. The van der Waals surface area contributed by atoms with E-state index in [4.69, 9.17) is 14.6 Å². The third-order valence-corrected chi connectivity index (χ3v) is 2.22. The second-order valence-electron chi connectivity index (χ2n) is 4.21. The molecule has 1 aromatic heterocycles. The van der Waals surface area contributed by atoms with Crippen LogP contribution in [0.3, 0.4) is 0 Å². The summed E-state index contributed by atoms with van der Waals surface area (Å²) in [5.41, 5.74) is 0.993. The Morgan fingerprint density at radius 2 is 2.11 bits per heavy atom. The van der Waals surface area contributed by atoms with Gasteiger partial charge in [-0.2, -0.15) is 0 Å². The van der Waals surface area contributed by atoms with Gasteiger partial charge in [0, 0.05) is 12.6 Å². The van der Waals surface area contributed by atoms with Gasteiger partial charge in [0.1, 0.15) is 12.4 Å². The van der Waals surface area contributed by atoms with Gasteiger partial charge in [-0.25, -0.2) is 0 Å². The number of rotatable bonds is 9. The molecule has 0 unspecified atom stereocenters. The second kappa shape index (κ2) is 8.85. The van der Waals surface area contributed by atoms with Crippen LogP contribution < -0.4 is 10.1 Å². The molecule has 0 aromatic carbocycles. The van der Waals surface area contributed by atoms with E-state index in [1.54, 1.807) is 6.20 Å². The van der Waals surface area contributed by atoms with Gasteiger partial charge in [0.2, 0.25) is 0 Å². The van der Waals surface area contributed by atoms with Gasteiger partial charge in [-0.15, -0.1) is 0 Å². The third-order valence-electron chi connectivity index (χ3n) is 2.22. The van der Waals surface area contributed by atoms with E-state index < -0.39 is 0 Å². The lowest BCUT2D eigenvalue weighted by Crippen LogP contribution is -2.22. The minimum absolute atomic E-state index is 0.0408. The Bertz CT molecular complexity index is 315. The van der Waals surface area contributed by atoms with Crippen LogP contribution in [-0.4, -0.2) is 42.6 Å². The first kappa shape index (κ1) is 14.9. The van der Waals surface area contributed by atoms with Crippen LogP contribution in [-0.2, 0) is 11.3 Å². The summed E-state index contributed by atoms with van der Waals surface area (Å²) in [5.74, 6) is 0.732. The molecule has 0 aliphatic heterocycles. The SMILES string of the molecule is CC(C)NCc1ccc(OCCOCCO)cn1. The molecule has 0 saturated heterocycles. The molecule has 0 saturated carbocycles. The maximum absolute atomic E-state index is 8.52. The van der Waals surface area contributed by atoms with Crippen molar-refractivity contribution in [3.05, 3.63) is 24.0 Å². The van der Waals surface area contributed by atoms with E-state index in [-0.39, 0.29) is 6.61 Å². The molecular formula is C13H22N2O3. The van der Waals surface area contributed by atoms with E-state index in [0.29, 0.717) is 25.9 Å². The molecule has 1 rings (SSSR count). The van der Waals surface area contributed by atoms with Gasteiger partial charge in [0.25, 0.3) is 0 Å². The van der Waals surface area contributed by atoms with Gasteiger partial charge in [-0.05, 0) is 12.1 Å². The van der Waals surface area contributed by atoms with Crippen molar-refractivity contribution in [3.8, 4) is 5.75 Å². The number of hydrogen-bond donors (Lipinski definition) is 2. The fourth-order valence-corrected chi connectivity index (χ4v) is 1.29. The zero-order valence-electron chi connectivity index (χ0n) is 11.1. The minimum Gasteiger partial charge on any atom is -0.490 e. The topological polar surface area (TPSA) is 63.6 Å². The molecular weight excluding hydrogens is 232 g/mol. The largest absolute Gasteiger partial charge is 0.490 e. The van der Waals surface area contributed by atoms with E-state index >= 15 is 0 Å². The number of aliphatic hydroxyl groups is 1. The van der Waals surface area contributed by atoms with Crippen molar-refractivity contribution in [3.63, 3.8) is 0 Å². The lowest BCUT2D eigenvalue weighted by atomic mass is 10.3. The molecule has 102 valence electrons. The minimum atomic E-state index is 0.0408. The molecule has 0 bridgehead atoms. The molecule has 0 amide bonds. The standard InChI is InChI=1S/C13H22N2O3/c1-11(2)14-9-12-3-4-13(10-15-12)18-8-7-17-6-5-16/h3-4,10-11,14,16H,5-9H2,1-2H3. The highest BCUT2D eigenvalue weighted by Gasteiger charge is 1.98. The van der Waals surface area contributed by atoms with Crippen LogP contribution in [0.5, 0.6) is 5.75 Å². The monoisotopic (exact) mass is 254 g/mol. The Kier molecular flexibility index (Phi) is 7.32. The van der Waals surface area contributed by atoms with Crippen LogP contribution in [0.4, 0.5) is 0 Å². The van der Waals surface area contributed by atoms with E-state index in [9.17, 15) is 0 Å². The van der Waals surface area contributed by atoms with Crippen molar-refractivity contribution in [1.82, 2.24) is 10.3 Å². The van der Waals surface area contributed by atoms with Crippen LogP contribution in [0.2, 0.25) is 0 Å². The molecule has 0 fully saturated rings. The first-order valence-electron chi connectivity index (χ1n) is 6.22. The Labute approximate surface area is 108 Å². The normalized spacial score (nSPS) is 10.9. The van der Waals surface area contributed by atoms with Crippen LogP contribution in [0.25, 0.3) is 0 Å². The smallest absolute Gasteiger partial charge is 0.137 e. The van der Waals surface area contributed by atoms with E-state index in [1.807, 2.05) is 12.1 Å². The van der Waals surface area contributed by atoms with Crippen LogP contribution in [0.1, 0.15) is 19.5 Å². The fourth-order valence-electron chi connectivity index (χ4n) is 1.29. The molecule has 0 aliphatic rings. The Hall–Kier alpha value is -1.17. The highest BCUT2D eigenvalue weighted by atomic mass is 16.5. The first-order valence-corrected chi connectivity index (χ1v) is 6.22. The van der Waals surface area contributed by atoms with Crippen molar-refractivity contribution >= 4 is 0 Å². The highest BCUT2D eigenvalue weighted by molar-refractivity contribution is 5.19. The average molecular weight is 254 g/mol. The molecule has 1 heterocycles. The lowest BCUT2D eigenvalue weighted by molar-refractivity contribution is 0.0704. The first-order chi connectivity index (χ1) is 8.72. The van der Waals surface area contributed by atoms with Crippen molar-refractivity contribution in [2.75, 3.05) is 26.4 Å². The summed E-state index contributed by atoms with van der Waals surface area (Å²) in [7, 11) is 0. The maximum Gasteiger partial charge on any atom is 0.137 e. The Balaban J connectivity index is 2.23. The number of aromatic nitrogens is 1. The van der Waals surface area contributed by atoms with E-state index in [1.165, 1.54) is 0 Å². The number of pyridine rings is 1. The molecule has 1 aromatic rings. The summed E-state index contributed by atoms with van der Waals surface area (Å²) in [6.45, 7) is 6.29. The number of aliphatic hydroxyl groups excluding tert-OH is 1. The number of nitrogens with one attached hydrogen (secondary N) is 1. The molecule has 0 atom stereocenters. The zero-order chi connectivity index (χ0) is 13.2. The van der Waals surface area contributed by atoms with Gasteiger partial charge in [-0.3, -0.25) is 4.98 Å². The van der Waals surface area contributed by atoms with Crippen molar-refractivity contribution in [2.24, 2.45) is 0 Å². The van der Waals surface area contributed by atoms with Gasteiger partial charge in [0.15, 0.2) is 0 Å². The lowest BCUT2D eigenvalue weighted by Gasteiger charge is -2.09. The number of hydrogen-bond acceptors (Lipinski definition) is 5. The molecule has 2 N–H and O–H groups in total. The van der Waals surface area contributed by atoms with E-state index in [0.717, 1.165) is 18.0 Å². The number of ether oxygens (including phenoxy) is 2. The summed E-state index contributed by atoms with van der Waals surface area (Å²) in [4.78, 5) is 4.30. The molecule has 0 spiro atoms. The van der Waals surface area contributed by atoms with Gasteiger partial charge in [-0.1, -0.05) is 13.8 Å².